The van der Waals surface area contributed by atoms with Gasteiger partial charge in [-0.1, -0.05) is 43.2 Å². The van der Waals surface area contributed by atoms with E-state index in [-0.39, 0.29) is 5.91 Å². The number of carbonyl (C=O) groups is 1. The van der Waals surface area contributed by atoms with Gasteiger partial charge in [-0.3, -0.25) is 4.79 Å². The molecule has 0 atom stereocenters. The average Bonchev–Trinajstić information content (AvgIpc) is 3.01. The molecular formula is C17H17BrN2O. The predicted molar refractivity (Wildman–Crippen MR) is 87.2 cm³/mol. The lowest BCUT2D eigenvalue weighted by atomic mass is 9.78. The van der Waals surface area contributed by atoms with E-state index in [4.69, 9.17) is 0 Å². The lowest BCUT2D eigenvalue weighted by Gasteiger charge is -2.28. The first kappa shape index (κ1) is 14.3. The van der Waals surface area contributed by atoms with Crippen molar-refractivity contribution in [1.29, 1.82) is 0 Å². The number of nitrogens with one attached hydrogen (secondary N) is 1. The van der Waals surface area contributed by atoms with Crippen LogP contribution in [0, 0.1) is 0 Å². The third-order valence-electron chi connectivity index (χ3n) is 4.19. The Morgan fingerprint density at radius 1 is 1.10 bits per heavy atom. The van der Waals surface area contributed by atoms with E-state index < -0.39 is 5.41 Å². The Hall–Kier alpha value is -1.68. The van der Waals surface area contributed by atoms with Gasteiger partial charge in [-0.25, -0.2) is 4.98 Å². The Morgan fingerprint density at radius 3 is 2.43 bits per heavy atom. The summed E-state index contributed by atoms with van der Waals surface area (Å²) >= 11 is 3.35. The standard InChI is InChI=1S/C17H17BrN2O/c18-14-8-9-15(19-12-14)20-16(21)17(10-4-5-11-17)13-6-2-1-3-7-13/h1-3,6-9,12H,4-5,10-11H2,(H,19,20,21). The third-order valence-corrected chi connectivity index (χ3v) is 4.66. The van der Waals surface area contributed by atoms with Crippen molar-refractivity contribution in [1.82, 2.24) is 4.98 Å². The summed E-state index contributed by atoms with van der Waals surface area (Å²) in [5.74, 6) is 0.659. The first-order valence-corrected chi connectivity index (χ1v) is 7.99. The summed E-state index contributed by atoms with van der Waals surface area (Å²) in [4.78, 5) is 17.1. The summed E-state index contributed by atoms with van der Waals surface area (Å²) in [5, 5.41) is 2.98. The van der Waals surface area contributed by atoms with Crippen molar-refractivity contribution in [3.8, 4) is 0 Å². The Balaban J connectivity index is 1.87. The molecule has 1 aliphatic rings. The van der Waals surface area contributed by atoms with E-state index >= 15 is 0 Å². The number of pyridine rings is 1. The zero-order valence-corrected chi connectivity index (χ0v) is 13.3. The fourth-order valence-electron chi connectivity index (χ4n) is 3.07. The molecule has 0 radical (unpaired) electrons. The molecule has 0 bridgehead atoms. The van der Waals surface area contributed by atoms with Crippen LogP contribution >= 0.6 is 15.9 Å². The number of hydrogen-bond donors (Lipinski definition) is 1. The van der Waals surface area contributed by atoms with Crippen LogP contribution in [0.15, 0.2) is 53.1 Å². The number of anilines is 1. The first-order chi connectivity index (χ1) is 10.2. The van der Waals surface area contributed by atoms with Crippen LogP contribution in [-0.2, 0) is 10.2 Å². The summed E-state index contributed by atoms with van der Waals surface area (Å²) in [6.07, 6.45) is 5.68. The van der Waals surface area contributed by atoms with Crippen LogP contribution in [-0.4, -0.2) is 10.9 Å². The van der Waals surface area contributed by atoms with Crippen molar-refractivity contribution in [2.75, 3.05) is 5.32 Å². The molecule has 3 rings (SSSR count). The number of nitrogens with zero attached hydrogens (tertiary/aromatic N) is 1. The van der Waals surface area contributed by atoms with Crippen LogP contribution in [0.3, 0.4) is 0 Å². The number of halogens is 1. The van der Waals surface area contributed by atoms with Crippen LogP contribution < -0.4 is 5.32 Å². The zero-order valence-electron chi connectivity index (χ0n) is 11.7. The maximum Gasteiger partial charge on any atom is 0.236 e. The first-order valence-electron chi connectivity index (χ1n) is 7.19. The van der Waals surface area contributed by atoms with E-state index in [1.165, 1.54) is 0 Å². The highest BCUT2D eigenvalue weighted by atomic mass is 79.9. The fourth-order valence-corrected chi connectivity index (χ4v) is 3.30. The molecular weight excluding hydrogens is 328 g/mol. The van der Waals surface area contributed by atoms with Crippen LogP contribution in [0.25, 0.3) is 0 Å². The van der Waals surface area contributed by atoms with Gasteiger partial charge in [0.05, 0.1) is 5.41 Å². The zero-order chi connectivity index (χ0) is 14.7. The second-order valence-electron chi connectivity index (χ2n) is 5.47. The molecule has 0 spiro atoms. The van der Waals surface area contributed by atoms with Gasteiger partial charge in [0.2, 0.25) is 5.91 Å². The van der Waals surface area contributed by atoms with Gasteiger partial charge in [0.25, 0.3) is 0 Å². The smallest absolute Gasteiger partial charge is 0.236 e. The predicted octanol–water partition coefficient (Wildman–Crippen LogP) is 4.29. The summed E-state index contributed by atoms with van der Waals surface area (Å²) in [5.41, 5.74) is 0.702. The lowest BCUT2D eigenvalue weighted by molar-refractivity contribution is -0.121. The van der Waals surface area contributed by atoms with Crippen molar-refractivity contribution < 1.29 is 4.79 Å². The molecule has 1 saturated carbocycles. The van der Waals surface area contributed by atoms with E-state index in [9.17, 15) is 4.79 Å². The molecule has 1 aliphatic carbocycles. The average molecular weight is 345 g/mol. The molecule has 0 saturated heterocycles. The van der Waals surface area contributed by atoms with Crippen LogP contribution in [0.4, 0.5) is 5.82 Å². The van der Waals surface area contributed by atoms with E-state index in [0.717, 1.165) is 35.7 Å². The molecule has 4 heteroatoms. The molecule has 0 unspecified atom stereocenters. The Bertz CT molecular complexity index is 619. The van der Waals surface area contributed by atoms with Gasteiger partial charge >= 0.3 is 0 Å². The highest BCUT2D eigenvalue weighted by Gasteiger charge is 2.42. The van der Waals surface area contributed by atoms with Crippen molar-refractivity contribution in [2.24, 2.45) is 0 Å². The minimum Gasteiger partial charge on any atom is -0.310 e. The maximum absolute atomic E-state index is 12.9. The van der Waals surface area contributed by atoms with Crippen molar-refractivity contribution in [3.63, 3.8) is 0 Å². The highest BCUT2D eigenvalue weighted by molar-refractivity contribution is 9.10. The van der Waals surface area contributed by atoms with E-state index in [0.29, 0.717) is 5.82 Å². The molecule has 1 aromatic carbocycles. The highest BCUT2D eigenvalue weighted by Crippen LogP contribution is 2.41. The maximum atomic E-state index is 12.9. The molecule has 1 amide bonds. The number of carbonyl (C=O) groups excluding carboxylic acids is 1. The van der Waals surface area contributed by atoms with Crippen molar-refractivity contribution in [2.45, 2.75) is 31.1 Å². The third kappa shape index (κ3) is 2.86. The summed E-state index contributed by atoms with van der Waals surface area (Å²) in [6.45, 7) is 0. The van der Waals surface area contributed by atoms with Crippen LogP contribution in [0.1, 0.15) is 31.2 Å². The topological polar surface area (TPSA) is 42.0 Å². The fraction of sp³-hybridized carbons (Fsp3) is 0.294. The van der Waals surface area contributed by atoms with Gasteiger partial charge in [-0.05, 0) is 46.5 Å². The van der Waals surface area contributed by atoms with E-state index in [1.807, 2.05) is 30.3 Å². The summed E-state index contributed by atoms with van der Waals surface area (Å²) in [7, 11) is 0. The summed E-state index contributed by atoms with van der Waals surface area (Å²) in [6, 6.07) is 13.8. The van der Waals surface area contributed by atoms with Gasteiger partial charge in [-0.2, -0.15) is 0 Å². The Morgan fingerprint density at radius 2 is 1.81 bits per heavy atom. The molecule has 108 valence electrons. The number of aromatic nitrogens is 1. The number of benzene rings is 1. The van der Waals surface area contributed by atoms with Crippen LogP contribution in [0.5, 0.6) is 0 Å². The van der Waals surface area contributed by atoms with Crippen molar-refractivity contribution >= 4 is 27.7 Å². The quantitative estimate of drug-likeness (QED) is 0.901. The molecule has 1 fully saturated rings. The van der Waals surface area contributed by atoms with E-state index in [2.05, 4.69) is 38.4 Å². The van der Waals surface area contributed by atoms with Crippen LogP contribution in [0.2, 0.25) is 0 Å². The molecule has 0 aliphatic heterocycles. The lowest BCUT2D eigenvalue weighted by Crippen LogP contribution is -2.38. The number of amides is 1. The number of rotatable bonds is 3. The largest absolute Gasteiger partial charge is 0.310 e. The molecule has 21 heavy (non-hydrogen) atoms. The minimum absolute atomic E-state index is 0.0565. The Labute approximate surface area is 132 Å². The minimum atomic E-state index is -0.407. The number of hydrogen-bond acceptors (Lipinski definition) is 2. The SMILES string of the molecule is O=C(Nc1ccc(Br)cn1)C1(c2ccccc2)CCCC1. The Kier molecular flexibility index (Phi) is 4.06. The molecule has 1 aromatic heterocycles. The second kappa shape index (κ2) is 5.98. The molecule has 1 heterocycles. The molecule has 2 aromatic rings. The second-order valence-corrected chi connectivity index (χ2v) is 6.39. The normalized spacial score (nSPS) is 16.6. The monoisotopic (exact) mass is 344 g/mol. The molecule has 1 N–H and O–H groups in total. The van der Waals surface area contributed by atoms with Gasteiger partial charge in [0.1, 0.15) is 5.82 Å². The molecule has 3 nitrogen and oxygen atoms in total. The summed E-state index contributed by atoms with van der Waals surface area (Å²) < 4.78 is 0.902. The van der Waals surface area contributed by atoms with E-state index in [1.54, 1.807) is 6.20 Å². The van der Waals surface area contributed by atoms with Gasteiger partial charge in [0.15, 0.2) is 0 Å². The van der Waals surface area contributed by atoms with Gasteiger partial charge < -0.3 is 5.32 Å². The van der Waals surface area contributed by atoms with Crippen molar-refractivity contribution in [3.05, 3.63) is 58.7 Å². The van der Waals surface area contributed by atoms with Gasteiger partial charge in [-0.15, -0.1) is 0 Å². The van der Waals surface area contributed by atoms with Gasteiger partial charge in [0, 0.05) is 10.7 Å².